The zero-order chi connectivity index (χ0) is 12.8. The third-order valence-electron chi connectivity index (χ3n) is 4.57. The zero-order valence-electron chi connectivity index (χ0n) is 12.3. The highest BCUT2D eigenvalue weighted by molar-refractivity contribution is 4.75. The van der Waals surface area contributed by atoms with Crippen LogP contribution in [0, 0.1) is 5.92 Å². The van der Waals surface area contributed by atoms with E-state index >= 15 is 0 Å². The quantitative estimate of drug-likeness (QED) is 0.806. The molecule has 0 aromatic rings. The van der Waals surface area contributed by atoms with Crippen molar-refractivity contribution in [3.8, 4) is 0 Å². The van der Waals surface area contributed by atoms with Crippen LogP contribution in [0.15, 0.2) is 0 Å². The number of nitrogens with zero attached hydrogens (tertiary/aromatic N) is 2. The third kappa shape index (κ3) is 4.87. The molecular weight excluding hydrogens is 222 g/mol. The van der Waals surface area contributed by atoms with Crippen molar-refractivity contribution in [3.63, 3.8) is 0 Å². The number of hydrogen-bond donors (Lipinski definition) is 1. The predicted molar refractivity (Wildman–Crippen MR) is 78.0 cm³/mol. The first-order chi connectivity index (χ1) is 8.74. The summed E-state index contributed by atoms with van der Waals surface area (Å²) in [6.45, 7) is 10.0. The van der Waals surface area contributed by atoms with Crippen LogP contribution < -0.4 is 5.32 Å². The lowest BCUT2D eigenvalue weighted by molar-refractivity contribution is 0.191. The van der Waals surface area contributed by atoms with Gasteiger partial charge in [0.15, 0.2) is 0 Å². The van der Waals surface area contributed by atoms with Crippen LogP contribution >= 0.6 is 0 Å². The summed E-state index contributed by atoms with van der Waals surface area (Å²) in [5, 5.41) is 3.75. The van der Waals surface area contributed by atoms with Crippen molar-refractivity contribution < 1.29 is 0 Å². The average Bonchev–Trinajstić information content (AvgIpc) is 2.39. The Morgan fingerprint density at radius 1 is 1.06 bits per heavy atom. The van der Waals surface area contributed by atoms with E-state index in [0.29, 0.717) is 6.04 Å². The average molecular weight is 253 g/mol. The number of nitrogens with one attached hydrogen (secondary N) is 1. The van der Waals surface area contributed by atoms with Crippen molar-refractivity contribution in [2.24, 2.45) is 5.92 Å². The van der Waals surface area contributed by atoms with Crippen molar-refractivity contribution in [1.82, 2.24) is 15.1 Å². The Labute approximate surface area is 113 Å². The molecule has 2 fully saturated rings. The van der Waals surface area contributed by atoms with Crippen LogP contribution in [0.4, 0.5) is 0 Å². The van der Waals surface area contributed by atoms with Gasteiger partial charge in [-0.2, -0.15) is 0 Å². The maximum atomic E-state index is 3.75. The fraction of sp³-hybridized carbons (Fsp3) is 1.00. The Bertz CT molecular complexity index is 218. The Morgan fingerprint density at radius 2 is 1.72 bits per heavy atom. The van der Waals surface area contributed by atoms with Crippen LogP contribution in [-0.2, 0) is 0 Å². The first kappa shape index (κ1) is 14.3. The molecule has 2 saturated heterocycles. The third-order valence-corrected chi connectivity index (χ3v) is 4.57. The molecule has 0 aromatic carbocycles. The molecule has 0 bridgehead atoms. The first-order valence-corrected chi connectivity index (χ1v) is 7.88. The minimum absolute atomic E-state index is 0.655. The van der Waals surface area contributed by atoms with Crippen LogP contribution in [0.5, 0.6) is 0 Å². The van der Waals surface area contributed by atoms with Gasteiger partial charge in [-0.05, 0) is 78.3 Å². The second-order valence-corrected chi connectivity index (χ2v) is 6.42. The molecule has 1 unspecified atom stereocenters. The SMILES string of the molecule is CC(CN1CCCCC1)NCC1CCN(C)CC1. The van der Waals surface area contributed by atoms with E-state index in [0.717, 1.165) is 5.92 Å². The van der Waals surface area contributed by atoms with Gasteiger partial charge in [-0.25, -0.2) is 0 Å². The number of piperidine rings is 2. The van der Waals surface area contributed by atoms with Gasteiger partial charge in [0, 0.05) is 12.6 Å². The van der Waals surface area contributed by atoms with Gasteiger partial charge in [0.2, 0.25) is 0 Å². The normalized spacial score (nSPS) is 26.3. The van der Waals surface area contributed by atoms with E-state index in [-0.39, 0.29) is 0 Å². The molecule has 3 nitrogen and oxygen atoms in total. The summed E-state index contributed by atoms with van der Waals surface area (Å²) in [5.41, 5.74) is 0. The topological polar surface area (TPSA) is 18.5 Å². The minimum Gasteiger partial charge on any atom is -0.313 e. The Hall–Kier alpha value is -0.120. The van der Waals surface area contributed by atoms with Gasteiger partial charge in [-0.3, -0.25) is 0 Å². The van der Waals surface area contributed by atoms with Gasteiger partial charge < -0.3 is 15.1 Å². The summed E-state index contributed by atoms with van der Waals surface area (Å²) < 4.78 is 0. The maximum Gasteiger partial charge on any atom is 0.0166 e. The number of likely N-dealkylation sites (tertiary alicyclic amines) is 2. The zero-order valence-corrected chi connectivity index (χ0v) is 12.3. The van der Waals surface area contributed by atoms with E-state index in [4.69, 9.17) is 0 Å². The van der Waals surface area contributed by atoms with E-state index in [1.54, 1.807) is 0 Å². The van der Waals surface area contributed by atoms with Crippen LogP contribution in [0.25, 0.3) is 0 Å². The lowest BCUT2D eigenvalue weighted by Crippen LogP contribution is -2.44. The van der Waals surface area contributed by atoms with Crippen molar-refractivity contribution in [2.75, 3.05) is 46.3 Å². The standard InChI is InChI=1S/C15H31N3/c1-14(13-18-8-4-3-5-9-18)16-12-15-6-10-17(2)11-7-15/h14-16H,3-13H2,1-2H3. The predicted octanol–water partition coefficient (Wildman–Crippen LogP) is 1.79. The molecule has 0 saturated carbocycles. The molecule has 0 amide bonds. The Kier molecular flexibility index (Phi) is 5.93. The van der Waals surface area contributed by atoms with E-state index in [1.807, 2.05) is 0 Å². The van der Waals surface area contributed by atoms with Crippen molar-refractivity contribution in [3.05, 3.63) is 0 Å². The van der Waals surface area contributed by atoms with Crippen molar-refractivity contribution in [2.45, 2.75) is 45.1 Å². The number of rotatable bonds is 5. The lowest BCUT2D eigenvalue weighted by atomic mass is 9.97. The van der Waals surface area contributed by atoms with Gasteiger partial charge in [0.25, 0.3) is 0 Å². The van der Waals surface area contributed by atoms with Gasteiger partial charge >= 0.3 is 0 Å². The van der Waals surface area contributed by atoms with E-state index in [9.17, 15) is 0 Å². The summed E-state index contributed by atoms with van der Waals surface area (Å²) >= 11 is 0. The molecular formula is C15H31N3. The van der Waals surface area contributed by atoms with Gasteiger partial charge in [-0.15, -0.1) is 0 Å². The largest absolute Gasteiger partial charge is 0.313 e. The van der Waals surface area contributed by atoms with E-state index in [2.05, 4.69) is 29.1 Å². The molecule has 3 heteroatoms. The van der Waals surface area contributed by atoms with E-state index in [1.165, 1.54) is 71.4 Å². The molecule has 0 aromatic heterocycles. The highest BCUT2D eigenvalue weighted by Gasteiger charge is 2.18. The fourth-order valence-electron chi connectivity index (χ4n) is 3.23. The van der Waals surface area contributed by atoms with Crippen molar-refractivity contribution >= 4 is 0 Å². The molecule has 2 aliphatic rings. The molecule has 1 N–H and O–H groups in total. The van der Waals surface area contributed by atoms with Crippen LogP contribution in [0.2, 0.25) is 0 Å². The molecule has 0 spiro atoms. The van der Waals surface area contributed by atoms with Gasteiger partial charge in [0.1, 0.15) is 0 Å². The van der Waals surface area contributed by atoms with Crippen molar-refractivity contribution in [1.29, 1.82) is 0 Å². The molecule has 0 aliphatic carbocycles. The highest BCUT2D eigenvalue weighted by Crippen LogP contribution is 2.15. The van der Waals surface area contributed by atoms with Crippen LogP contribution in [-0.4, -0.2) is 62.2 Å². The smallest absolute Gasteiger partial charge is 0.0166 e. The second kappa shape index (κ2) is 7.46. The first-order valence-electron chi connectivity index (χ1n) is 7.88. The van der Waals surface area contributed by atoms with Gasteiger partial charge in [0.05, 0.1) is 0 Å². The molecule has 2 heterocycles. The summed E-state index contributed by atoms with van der Waals surface area (Å²) in [5.74, 6) is 0.907. The number of hydrogen-bond acceptors (Lipinski definition) is 3. The maximum absolute atomic E-state index is 3.75. The molecule has 1 atom stereocenters. The van der Waals surface area contributed by atoms with Crippen LogP contribution in [0.1, 0.15) is 39.0 Å². The Morgan fingerprint density at radius 3 is 2.39 bits per heavy atom. The Balaban J connectivity index is 1.57. The summed E-state index contributed by atoms with van der Waals surface area (Å²) in [4.78, 5) is 5.09. The molecule has 18 heavy (non-hydrogen) atoms. The minimum atomic E-state index is 0.655. The molecule has 2 rings (SSSR count). The summed E-state index contributed by atoms with van der Waals surface area (Å²) in [7, 11) is 2.24. The molecule has 0 radical (unpaired) electrons. The summed E-state index contributed by atoms with van der Waals surface area (Å²) in [6, 6.07) is 0.655. The lowest BCUT2D eigenvalue weighted by Gasteiger charge is -2.32. The fourth-order valence-corrected chi connectivity index (χ4v) is 3.23. The molecule has 106 valence electrons. The van der Waals surface area contributed by atoms with Gasteiger partial charge in [-0.1, -0.05) is 6.42 Å². The monoisotopic (exact) mass is 253 g/mol. The summed E-state index contributed by atoms with van der Waals surface area (Å²) in [6.07, 6.45) is 7.00. The molecule has 2 aliphatic heterocycles. The van der Waals surface area contributed by atoms with Crippen LogP contribution in [0.3, 0.4) is 0 Å². The second-order valence-electron chi connectivity index (χ2n) is 6.42. The highest BCUT2D eigenvalue weighted by atomic mass is 15.2. The van der Waals surface area contributed by atoms with E-state index < -0.39 is 0 Å².